The summed E-state index contributed by atoms with van der Waals surface area (Å²) in [5.41, 5.74) is 1.62. The minimum Gasteiger partial charge on any atom is -0.339 e. The van der Waals surface area contributed by atoms with E-state index in [4.69, 9.17) is 47.0 Å². The molecule has 27 heavy (non-hydrogen) atoms. The summed E-state index contributed by atoms with van der Waals surface area (Å²) in [6.07, 6.45) is 1.97. The van der Waals surface area contributed by atoms with Crippen LogP contribution < -0.4 is 16.0 Å². The second-order valence-electron chi connectivity index (χ2n) is 5.33. The number of alkyl halides is 3. The lowest BCUT2D eigenvalue weighted by Crippen LogP contribution is -2.55. The molecule has 142 valence electrons. The fourth-order valence-corrected chi connectivity index (χ4v) is 2.79. The number of rotatable bonds is 5. The maximum atomic E-state index is 12.2. The Morgan fingerprint density at radius 3 is 2.26 bits per heavy atom. The Morgan fingerprint density at radius 2 is 1.67 bits per heavy atom. The van der Waals surface area contributed by atoms with E-state index in [0.29, 0.717) is 0 Å². The Bertz CT molecular complexity index is 811. The molecule has 0 fully saturated rings. The van der Waals surface area contributed by atoms with Gasteiger partial charge in [-0.1, -0.05) is 81.1 Å². The first-order valence-electron chi connectivity index (χ1n) is 7.67. The van der Waals surface area contributed by atoms with Crippen molar-refractivity contribution in [3.63, 3.8) is 0 Å². The van der Waals surface area contributed by atoms with E-state index in [-0.39, 0.29) is 5.11 Å². The van der Waals surface area contributed by atoms with Gasteiger partial charge in [0.15, 0.2) is 5.11 Å². The number of carbonyl (C=O) groups excluding carboxylic acids is 1. The lowest BCUT2D eigenvalue weighted by molar-refractivity contribution is -0.117. The van der Waals surface area contributed by atoms with Crippen LogP contribution in [0.2, 0.25) is 0 Å². The third-order valence-corrected chi connectivity index (χ3v) is 4.62. The summed E-state index contributed by atoms with van der Waals surface area (Å²) in [6, 6.07) is 16.7. The Kier molecular flexibility index (Phi) is 8.38. The van der Waals surface area contributed by atoms with Crippen molar-refractivity contribution in [1.82, 2.24) is 10.6 Å². The predicted octanol–water partition coefficient (Wildman–Crippen LogP) is 5.26. The second kappa shape index (κ2) is 10.3. The third kappa shape index (κ3) is 8.07. The van der Waals surface area contributed by atoms with Crippen LogP contribution in [0.1, 0.15) is 5.56 Å². The van der Waals surface area contributed by atoms with Crippen LogP contribution in [0.25, 0.3) is 6.08 Å². The zero-order chi connectivity index (χ0) is 19.9. The molecule has 2 aromatic rings. The van der Waals surface area contributed by atoms with Crippen LogP contribution in [-0.4, -0.2) is 21.0 Å². The summed E-state index contributed by atoms with van der Waals surface area (Å²) >= 11 is 26.5. The van der Waals surface area contributed by atoms with E-state index in [9.17, 15) is 4.79 Å². The molecule has 1 atom stereocenters. The molecular weight excluding hydrogens is 493 g/mol. The predicted molar refractivity (Wildman–Crippen MR) is 121 cm³/mol. The number of hydrogen-bond acceptors (Lipinski definition) is 2. The van der Waals surface area contributed by atoms with Crippen molar-refractivity contribution in [2.75, 3.05) is 5.32 Å². The van der Waals surface area contributed by atoms with Gasteiger partial charge in [-0.05, 0) is 48.1 Å². The molecule has 3 N–H and O–H groups in total. The topological polar surface area (TPSA) is 53.2 Å². The monoisotopic (exact) mass is 505 g/mol. The smallest absolute Gasteiger partial charge is 0.245 e. The van der Waals surface area contributed by atoms with Crippen LogP contribution in [0.15, 0.2) is 65.1 Å². The van der Waals surface area contributed by atoms with Crippen LogP contribution in [-0.2, 0) is 4.79 Å². The maximum absolute atomic E-state index is 12.2. The molecule has 0 heterocycles. The summed E-state index contributed by atoms with van der Waals surface area (Å²) in [5, 5.41) is 8.53. The zero-order valence-corrected chi connectivity index (χ0v) is 18.4. The number of thiocarbonyl (C=S) groups is 1. The largest absolute Gasteiger partial charge is 0.339 e. The van der Waals surface area contributed by atoms with Crippen molar-refractivity contribution in [2.45, 2.75) is 9.96 Å². The average Bonchev–Trinajstić information content (AvgIpc) is 2.61. The Labute approximate surface area is 186 Å². The molecule has 0 unspecified atom stereocenters. The molecule has 0 saturated heterocycles. The first-order valence-corrected chi connectivity index (χ1v) is 10.0. The van der Waals surface area contributed by atoms with Crippen molar-refractivity contribution in [1.29, 1.82) is 0 Å². The number of nitrogens with one attached hydrogen (secondary N) is 3. The van der Waals surface area contributed by atoms with Gasteiger partial charge in [0.25, 0.3) is 0 Å². The van der Waals surface area contributed by atoms with Crippen molar-refractivity contribution < 1.29 is 4.79 Å². The van der Waals surface area contributed by atoms with E-state index in [1.54, 1.807) is 6.08 Å². The van der Waals surface area contributed by atoms with Gasteiger partial charge in [-0.25, -0.2) is 0 Å². The molecule has 0 radical (unpaired) electrons. The fraction of sp³-hybridized carbons (Fsp3) is 0.111. The lowest BCUT2D eigenvalue weighted by atomic mass is 10.2. The second-order valence-corrected chi connectivity index (χ2v) is 9.03. The van der Waals surface area contributed by atoms with Crippen LogP contribution >= 0.6 is 63.0 Å². The highest BCUT2D eigenvalue weighted by molar-refractivity contribution is 9.10. The standard InChI is InChI=1S/C18H15BrCl3N3OS/c19-13-7-9-14(10-8-13)23-17(27)25-16(18(20,21)22)24-15(26)11-6-12-4-2-1-3-5-12/h1-11,16H,(H,24,26)(H2,23,25,27)/b11-6-/t16-/m0/s1. The maximum Gasteiger partial charge on any atom is 0.245 e. The van der Waals surface area contributed by atoms with Crippen molar-refractivity contribution in [3.8, 4) is 0 Å². The minimum absolute atomic E-state index is 0.195. The molecule has 0 bridgehead atoms. The molecule has 1 amide bonds. The van der Waals surface area contributed by atoms with Gasteiger partial charge in [0.2, 0.25) is 9.70 Å². The number of benzene rings is 2. The number of amides is 1. The first-order chi connectivity index (χ1) is 12.7. The summed E-state index contributed by atoms with van der Waals surface area (Å²) in [7, 11) is 0. The van der Waals surface area contributed by atoms with Gasteiger partial charge in [0.1, 0.15) is 6.17 Å². The number of anilines is 1. The van der Waals surface area contributed by atoms with E-state index in [1.807, 2.05) is 54.6 Å². The van der Waals surface area contributed by atoms with Gasteiger partial charge < -0.3 is 16.0 Å². The van der Waals surface area contributed by atoms with Gasteiger partial charge in [0.05, 0.1) is 0 Å². The lowest BCUT2D eigenvalue weighted by Gasteiger charge is -2.27. The van der Waals surface area contributed by atoms with Gasteiger partial charge in [0, 0.05) is 16.2 Å². The molecule has 2 rings (SSSR count). The molecule has 0 aromatic heterocycles. The third-order valence-electron chi connectivity index (χ3n) is 3.22. The first kappa shape index (κ1) is 22.0. The van der Waals surface area contributed by atoms with Crippen molar-refractivity contribution >= 4 is 85.7 Å². The van der Waals surface area contributed by atoms with Crippen LogP contribution in [0, 0.1) is 0 Å². The molecule has 0 aliphatic rings. The molecule has 0 spiro atoms. The molecule has 0 saturated carbocycles. The minimum atomic E-state index is -1.82. The van der Waals surface area contributed by atoms with Crippen molar-refractivity contribution in [3.05, 3.63) is 70.7 Å². The zero-order valence-electron chi connectivity index (χ0n) is 13.8. The van der Waals surface area contributed by atoms with Crippen LogP contribution in [0.5, 0.6) is 0 Å². The summed E-state index contributed by atoms with van der Waals surface area (Å²) < 4.78 is -0.884. The highest BCUT2D eigenvalue weighted by Gasteiger charge is 2.34. The van der Waals surface area contributed by atoms with E-state index in [2.05, 4.69) is 31.9 Å². The van der Waals surface area contributed by atoms with E-state index >= 15 is 0 Å². The van der Waals surface area contributed by atoms with Gasteiger partial charge in [-0.15, -0.1) is 0 Å². The SMILES string of the molecule is O=C(/C=C\c1ccccc1)N[C@@H](NC(=S)Nc1ccc(Br)cc1)C(Cl)(Cl)Cl. The Morgan fingerprint density at radius 1 is 1.04 bits per heavy atom. The van der Waals surface area contributed by atoms with E-state index < -0.39 is 15.9 Å². The van der Waals surface area contributed by atoms with Gasteiger partial charge >= 0.3 is 0 Å². The summed E-state index contributed by atoms with van der Waals surface area (Å²) in [6.45, 7) is 0. The molecule has 9 heteroatoms. The Balaban J connectivity index is 1.98. The van der Waals surface area contributed by atoms with Crippen LogP contribution in [0.4, 0.5) is 5.69 Å². The van der Waals surface area contributed by atoms with E-state index in [0.717, 1.165) is 15.7 Å². The van der Waals surface area contributed by atoms with Crippen LogP contribution in [0.3, 0.4) is 0 Å². The quantitative estimate of drug-likeness (QED) is 0.224. The van der Waals surface area contributed by atoms with E-state index in [1.165, 1.54) is 6.08 Å². The average molecular weight is 508 g/mol. The number of halogens is 4. The summed E-state index contributed by atoms with van der Waals surface area (Å²) in [5.74, 6) is -0.436. The highest BCUT2D eigenvalue weighted by Crippen LogP contribution is 2.29. The molecule has 2 aromatic carbocycles. The summed E-state index contributed by atoms with van der Waals surface area (Å²) in [4.78, 5) is 12.2. The van der Waals surface area contributed by atoms with Crippen molar-refractivity contribution in [2.24, 2.45) is 0 Å². The fourth-order valence-electron chi connectivity index (χ4n) is 1.96. The molecular formula is C18H15BrCl3N3OS. The molecule has 0 aliphatic carbocycles. The Hall–Kier alpha value is -1.31. The number of hydrogen-bond donors (Lipinski definition) is 3. The highest BCUT2D eigenvalue weighted by atomic mass is 79.9. The van der Waals surface area contributed by atoms with Gasteiger partial charge in [-0.3, -0.25) is 4.79 Å². The number of carbonyl (C=O) groups is 1. The molecule has 4 nitrogen and oxygen atoms in total. The van der Waals surface area contributed by atoms with Gasteiger partial charge in [-0.2, -0.15) is 0 Å². The molecule has 0 aliphatic heterocycles. The normalized spacial score (nSPS) is 12.4.